The van der Waals surface area contributed by atoms with Gasteiger partial charge in [0.25, 0.3) is 0 Å². The SMILES string of the molecule is CCN(CC)CC(C)(C)COC(=O)C(=Cc1ccccc1)c1ccc(OC)c(OC)c1.Cl. The molecular weight excluding hydrogens is 426 g/mol. The van der Waals surface area contributed by atoms with Crippen molar-refractivity contribution in [3.05, 3.63) is 59.7 Å². The van der Waals surface area contributed by atoms with E-state index in [1.807, 2.05) is 42.5 Å². The van der Waals surface area contributed by atoms with Crippen molar-refractivity contribution < 1.29 is 19.0 Å². The van der Waals surface area contributed by atoms with Gasteiger partial charge in [0, 0.05) is 12.0 Å². The Morgan fingerprint density at radius 2 is 1.59 bits per heavy atom. The van der Waals surface area contributed by atoms with Gasteiger partial charge in [0.1, 0.15) is 0 Å². The highest BCUT2D eigenvalue weighted by atomic mass is 35.5. The zero-order valence-electron chi connectivity index (χ0n) is 20.0. The molecule has 0 unspecified atom stereocenters. The van der Waals surface area contributed by atoms with Crippen LogP contribution in [0.5, 0.6) is 11.5 Å². The van der Waals surface area contributed by atoms with Gasteiger partial charge in [-0.2, -0.15) is 0 Å². The number of benzene rings is 2. The lowest BCUT2D eigenvalue weighted by atomic mass is 9.94. The lowest BCUT2D eigenvalue weighted by molar-refractivity contribution is -0.139. The van der Waals surface area contributed by atoms with E-state index in [9.17, 15) is 4.79 Å². The smallest absolute Gasteiger partial charge is 0.338 e. The van der Waals surface area contributed by atoms with Crippen LogP contribution < -0.4 is 9.47 Å². The largest absolute Gasteiger partial charge is 0.493 e. The number of ether oxygens (including phenoxy) is 3. The highest BCUT2D eigenvalue weighted by molar-refractivity contribution is 6.21. The molecule has 0 saturated heterocycles. The van der Waals surface area contributed by atoms with Crippen molar-refractivity contribution in [2.24, 2.45) is 5.41 Å². The van der Waals surface area contributed by atoms with Crippen molar-refractivity contribution in [1.29, 1.82) is 0 Å². The van der Waals surface area contributed by atoms with Crippen LogP contribution >= 0.6 is 12.4 Å². The topological polar surface area (TPSA) is 48.0 Å². The Morgan fingerprint density at radius 1 is 0.969 bits per heavy atom. The van der Waals surface area contributed by atoms with Gasteiger partial charge in [-0.3, -0.25) is 0 Å². The van der Waals surface area contributed by atoms with E-state index in [1.54, 1.807) is 26.4 Å². The molecule has 0 heterocycles. The molecule has 0 radical (unpaired) electrons. The first-order chi connectivity index (χ1) is 14.8. The van der Waals surface area contributed by atoms with Gasteiger partial charge in [-0.15, -0.1) is 12.4 Å². The van der Waals surface area contributed by atoms with Crippen LogP contribution in [0, 0.1) is 5.41 Å². The number of rotatable bonds is 11. The molecule has 176 valence electrons. The first-order valence-corrected chi connectivity index (χ1v) is 10.7. The molecule has 32 heavy (non-hydrogen) atoms. The number of carbonyl (C=O) groups excluding carboxylic acids is 1. The van der Waals surface area contributed by atoms with Crippen LogP contribution in [0.1, 0.15) is 38.8 Å². The van der Waals surface area contributed by atoms with E-state index in [2.05, 4.69) is 32.6 Å². The van der Waals surface area contributed by atoms with Crippen molar-refractivity contribution in [1.82, 2.24) is 4.90 Å². The Bertz CT molecular complexity index is 877. The summed E-state index contributed by atoms with van der Waals surface area (Å²) in [6.45, 7) is 11.7. The molecule has 0 fully saturated rings. The molecule has 0 amide bonds. The number of hydrogen-bond donors (Lipinski definition) is 0. The fourth-order valence-corrected chi connectivity index (χ4v) is 3.42. The molecule has 0 N–H and O–H groups in total. The highest BCUT2D eigenvalue weighted by Crippen LogP contribution is 2.32. The minimum Gasteiger partial charge on any atom is -0.493 e. The predicted molar refractivity (Wildman–Crippen MR) is 134 cm³/mol. The molecule has 0 aliphatic carbocycles. The van der Waals surface area contributed by atoms with Gasteiger partial charge >= 0.3 is 5.97 Å². The minimum atomic E-state index is -0.358. The zero-order valence-corrected chi connectivity index (χ0v) is 20.8. The molecule has 0 saturated carbocycles. The third-order valence-corrected chi connectivity index (χ3v) is 5.17. The van der Waals surface area contributed by atoms with Crippen LogP contribution in [0.4, 0.5) is 0 Å². The number of halogens is 1. The van der Waals surface area contributed by atoms with Crippen molar-refractivity contribution in [3.8, 4) is 11.5 Å². The normalized spacial score (nSPS) is 11.7. The maximum atomic E-state index is 13.2. The Balaban J connectivity index is 0.00000512. The molecular formula is C26H36ClNO4. The highest BCUT2D eigenvalue weighted by Gasteiger charge is 2.24. The number of hydrogen-bond acceptors (Lipinski definition) is 5. The molecule has 6 heteroatoms. The van der Waals surface area contributed by atoms with Gasteiger partial charge in [0.05, 0.1) is 26.4 Å². The fourth-order valence-electron chi connectivity index (χ4n) is 3.42. The van der Waals surface area contributed by atoms with Crippen LogP contribution in [0.15, 0.2) is 48.5 Å². The summed E-state index contributed by atoms with van der Waals surface area (Å²) in [5.74, 6) is 0.816. The Hall–Kier alpha value is -2.50. The van der Waals surface area contributed by atoms with E-state index in [1.165, 1.54) is 0 Å². The summed E-state index contributed by atoms with van der Waals surface area (Å²) in [6.07, 6.45) is 1.85. The lowest BCUT2D eigenvalue weighted by Crippen LogP contribution is -2.37. The maximum absolute atomic E-state index is 13.2. The lowest BCUT2D eigenvalue weighted by Gasteiger charge is -2.31. The number of methoxy groups -OCH3 is 2. The summed E-state index contributed by atoms with van der Waals surface area (Å²) in [7, 11) is 3.17. The molecule has 2 aromatic carbocycles. The van der Waals surface area contributed by atoms with E-state index in [-0.39, 0.29) is 23.8 Å². The third kappa shape index (κ3) is 7.88. The summed E-state index contributed by atoms with van der Waals surface area (Å²) in [4.78, 5) is 15.5. The van der Waals surface area contributed by atoms with Crippen molar-refractivity contribution in [2.45, 2.75) is 27.7 Å². The van der Waals surface area contributed by atoms with Crippen LogP contribution in [0.3, 0.4) is 0 Å². The summed E-state index contributed by atoms with van der Waals surface area (Å²) in [5.41, 5.74) is 1.96. The Morgan fingerprint density at radius 3 is 2.16 bits per heavy atom. The average Bonchev–Trinajstić information content (AvgIpc) is 2.79. The maximum Gasteiger partial charge on any atom is 0.338 e. The van der Waals surface area contributed by atoms with Gasteiger partial charge in [-0.05, 0) is 42.4 Å². The van der Waals surface area contributed by atoms with Crippen LogP contribution in [0.2, 0.25) is 0 Å². The van der Waals surface area contributed by atoms with Gasteiger partial charge in [-0.1, -0.05) is 64.1 Å². The first kappa shape index (κ1) is 27.5. The second kappa shape index (κ2) is 13.1. The average molecular weight is 462 g/mol. The molecule has 0 atom stereocenters. The first-order valence-electron chi connectivity index (χ1n) is 10.7. The van der Waals surface area contributed by atoms with Crippen LogP contribution in [-0.4, -0.2) is 51.3 Å². The predicted octanol–water partition coefficient (Wildman–Crippen LogP) is 5.58. The second-order valence-electron chi connectivity index (χ2n) is 8.24. The monoisotopic (exact) mass is 461 g/mol. The summed E-state index contributed by atoms with van der Waals surface area (Å²) >= 11 is 0. The van der Waals surface area contributed by atoms with Crippen molar-refractivity contribution in [3.63, 3.8) is 0 Å². The molecule has 0 aliphatic rings. The molecule has 0 spiro atoms. The minimum absolute atomic E-state index is 0. The summed E-state index contributed by atoms with van der Waals surface area (Å²) < 4.78 is 16.6. The van der Waals surface area contributed by atoms with Crippen molar-refractivity contribution >= 4 is 30.0 Å². The van der Waals surface area contributed by atoms with Gasteiger partial charge < -0.3 is 19.1 Å². The van der Waals surface area contributed by atoms with E-state index in [0.717, 1.165) is 25.2 Å². The zero-order chi connectivity index (χ0) is 22.9. The Labute approximate surface area is 198 Å². The molecule has 5 nitrogen and oxygen atoms in total. The van der Waals surface area contributed by atoms with E-state index in [0.29, 0.717) is 29.2 Å². The second-order valence-corrected chi connectivity index (χ2v) is 8.24. The fraction of sp³-hybridized carbons (Fsp3) is 0.423. The summed E-state index contributed by atoms with van der Waals surface area (Å²) in [6, 6.07) is 15.2. The molecule has 0 aliphatic heterocycles. The molecule has 0 bridgehead atoms. The van der Waals surface area contributed by atoms with E-state index >= 15 is 0 Å². The standard InChI is InChI=1S/C26H35NO4.ClH/c1-7-27(8-2)18-26(3,4)19-31-25(28)22(16-20-12-10-9-11-13-20)21-14-15-23(29-5)24(17-21)30-6;/h9-17H,7-8,18-19H2,1-6H3;1H. The van der Waals surface area contributed by atoms with Gasteiger partial charge in [-0.25, -0.2) is 4.79 Å². The molecule has 0 aromatic heterocycles. The van der Waals surface area contributed by atoms with Crippen LogP contribution in [-0.2, 0) is 9.53 Å². The third-order valence-electron chi connectivity index (χ3n) is 5.17. The number of carbonyl (C=O) groups is 1. The van der Waals surface area contributed by atoms with E-state index < -0.39 is 0 Å². The summed E-state index contributed by atoms with van der Waals surface area (Å²) in [5, 5.41) is 0. The van der Waals surface area contributed by atoms with Crippen molar-refractivity contribution in [2.75, 3.05) is 40.5 Å². The van der Waals surface area contributed by atoms with Gasteiger partial charge in [0.2, 0.25) is 0 Å². The molecule has 2 rings (SSSR count). The number of esters is 1. The Kier molecular flexibility index (Phi) is 11.3. The van der Waals surface area contributed by atoms with Crippen LogP contribution in [0.25, 0.3) is 11.6 Å². The molecule has 2 aromatic rings. The van der Waals surface area contributed by atoms with E-state index in [4.69, 9.17) is 14.2 Å². The van der Waals surface area contributed by atoms with Gasteiger partial charge in [0.15, 0.2) is 11.5 Å². The number of nitrogens with zero attached hydrogens (tertiary/aromatic N) is 1. The quantitative estimate of drug-likeness (QED) is 0.248.